The largest absolute Gasteiger partial charge is 0.543 e. The summed E-state index contributed by atoms with van der Waals surface area (Å²) < 4.78 is 18.8. The molecule has 0 aliphatic heterocycles. The molecule has 38 heavy (non-hydrogen) atoms. The molecule has 0 bridgehead atoms. The lowest BCUT2D eigenvalue weighted by Crippen LogP contribution is -2.44. The van der Waals surface area contributed by atoms with Crippen LogP contribution in [0.25, 0.3) is 11.1 Å². The van der Waals surface area contributed by atoms with Crippen molar-refractivity contribution < 1.29 is 38.5 Å². The van der Waals surface area contributed by atoms with E-state index in [9.17, 15) is 24.9 Å². The van der Waals surface area contributed by atoms with Gasteiger partial charge in [-0.2, -0.15) is 0 Å². The SMILES string of the molecule is COc1ccc(O[Si](C)(C)C(C)(C)C)c2c1-c1c(O)c(C(=O)O)cc(O[Si](C)(C)C(C)(C)C)c1[C@@H]2C(=O)O. The molecule has 3 N–H and O–H groups in total. The number of hydrogen-bond donors (Lipinski definition) is 3. The van der Waals surface area contributed by atoms with E-state index in [-0.39, 0.29) is 32.5 Å². The summed E-state index contributed by atoms with van der Waals surface area (Å²) in [6.07, 6.45) is 0. The van der Waals surface area contributed by atoms with Crippen molar-refractivity contribution >= 4 is 28.6 Å². The molecule has 208 valence electrons. The number of aromatic carboxylic acids is 1. The molecule has 0 saturated heterocycles. The lowest BCUT2D eigenvalue weighted by atomic mass is 9.94. The summed E-state index contributed by atoms with van der Waals surface area (Å²) in [4.78, 5) is 25.2. The highest BCUT2D eigenvalue weighted by Crippen LogP contribution is 2.60. The predicted octanol–water partition coefficient (Wildman–Crippen LogP) is 7.06. The first kappa shape index (κ1) is 29.6. The summed E-state index contributed by atoms with van der Waals surface area (Å²) in [7, 11) is -3.52. The Kier molecular flexibility index (Phi) is 7.26. The molecular formula is C28H40O8Si2. The number of hydrogen-bond acceptors (Lipinski definition) is 6. The molecule has 0 spiro atoms. The van der Waals surface area contributed by atoms with Crippen molar-refractivity contribution in [2.75, 3.05) is 7.11 Å². The van der Waals surface area contributed by atoms with Gasteiger partial charge in [0.15, 0.2) is 0 Å². The molecule has 1 atom stereocenters. The van der Waals surface area contributed by atoms with Gasteiger partial charge in [-0.25, -0.2) is 4.79 Å². The normalized spacial score (nSPS) is 15.5. The van der Waals surface area contributed by atoms with Crippen LogP contribution >= 0.6 is 0 Å². The van der Waals surface area contributed by atoms with Crippen LogP contribution in [0.2, 0.25) is 36.3 Å². The van der Waals surface area contributed by atoms with Crippen LogP contribution in [0.5, 0.6) is 23.0 Å². The summed E-state index contributed by atoms with van der Waals surface area (Å²) in [6, 6.07) is 4.61. The average molecular weight is 561 g/mol. The third kappa shape index (κ3) is 4.79. The number of carboxylic acids is 2. The molecule has 2 aromatic carbocycles. The molecule has 0 aromatic heterocycles. The number of rotatable bonds is 7. The quantitative estimate of drug-likeness (QED) is 0.308. The van der Waals surface area contributed by atoms with Gasteiger partial charge in [-0.15, -0.1) is 0 Å². The molecule has 10 heteroatoms. The van der Waals surface area contributed by atoms with E-state index in [1.807, 2.05) is 33.9 Å². The maximum Gasteiger partial charge on any atom is 0.339 e. The number of aliphatic carboxylic acids is 1. The molecular weight excluding hydrogens is 520 g/mol. The molecule has 0 unspecified atom stereocenters. The van der Waals surface area contributed by atoms with Crippen LogP contribution in [-0.2, 0) is 4.79 Å². The Bertz CT molecular complexity index is 1300. The van der Waals surface area contributed by atoms with Gasteiger partial charge in [-0.1, -0.05) is 41.5 Å². The van der Waals surface area contributed by atoms with E-state index in [2.05, 4.69) is 33.9 Å². The van der Waals surface area contributed by atoms with Crippen LogP contribution in [0, 0.1) is 0 Å². The van der Waals surface area contributed by atoms with Crippen molar-refractivity contribution in [3.05, 3.63) is 34.9 Å². The second-order valence-electron chi connectivity index (χ2n) is 12.9. The number of ether oxygens (including phenoxy) is 1. The molecule has 0 saturated carbocycles. The standard InChI is InChI=1S/C28H40O8Si2/c1-27(2,3)37(8,9)35-17-13-12-16(34-7)19-20(17)23(26(32)33)21-18(36-38(10,11)28(4,5)6)14-15(25(30)31)24(29)22(19)21/h12-14,23,29H,1-11H3,(H,30,31)(H,32,33)/t23-/m1/s1. The second kappa shape index (κ2) is 9.34. The summed E-state index contributed by atoms with van der Waals surface area (Å²) in [5.74, 6) is -3.47. The first-order valence-electron chi connectivity index (χ1n) is 12.6. The third-order valence-electron chi connectivity index (χ3n) is 8.34. The van der Waals surface area contributed by atoms with Crippen LogP contribution in [-0.4, -0.2) is 51.0 Å². The Balaban J connectivity index is 2.47. The fourth-order valence-corrected chi connectivity index (χ4v) is 6.14. The molecule has 8 nitrogen and oxygen atoms in total. The van der Waals surface area contributed by atoms with Gasteiger partial charge in [-0.05, 0) is 54.5 Å². The van der Waals surface area contributed by atoms with Crippen LogP contribution in [0.15, 0.2) is 18.2 Å². The Morgan fingerprint density at radius 2 is 1.24 bits per heavy atom. The van der Waals surface area contributed by atoms with Crippen LogP contribution in [0.4, 0.5) is 0 Å². The molecule has 0 amide bonds. The Morgan fingerprint density at radius 3 is 1.66 bits per heavy atom. The van der Waals surface area contributed by atoms with E-state index in [0.29, 0.717) is 22.6 Å². The minimum atomic E-state index is -2.55. The first-order chi connectivity index (χ1) is 17.2. The van der Waals surface area contributed by atoms with Crippen molar-refractivity contribution in [2.24, 2.45) is 0 Å². The van der Waals surface area contributed by atoms with Crippen LogP contribution in [0.3, 0.4) is 0 Å². The van der Waals surface area contributed by atoms with Gasteiger partial charge in [0.2, 0.25) is 16.6 Å². The summed E-state index contributed by atoms with van der Waals surface area (Å²) in [5.41, 5.74) is 0.580. The highest BCUT2D eigenvalue weighted by molar-refractivity contribution is 6.75. The van der Waals surface area contributed by atoms with Crippen LogP contribution < -0.4 is 13.6 Å². The van der Waals surface area contributed by atoms with Crippen molar-refractivity contribution in [3.63, 3.8) is 0 Å². The maximum absolute atomic E-state index is 13.0. The van der Waals surface area contributed by atoms with Crippen molar-refractivity contribution in [2.45, 2.75) is 83.7 Å². The fourth-order valence-electron chi connectivity index (χ4n) is 4.08. The number of phenols is 1. The highest BCUT2D eigenvalue weighted by Gasteiger charge is 2.48. The van der Waals surface area contributed by atoms with Gasteiger partial charge >= 0.3 is 11.9 Å². The molecule has 2 aromatic rings. The van der Waals surface area contributed by atoms with E-state index >= 15 is 0 Å². The first-order valence-corrected chi connectivity index (χ1v) is 18.4. The van der Waals surface area contributed by atoms with Gasteiger partial charge in [0.05, 0.1) is 7.11 Å². The molecule has 0 heterocycles. The lowest BCUT2D eigenvalue weighted by Gasteiger charge is -2.38. The monoisotopic (exact) mass is 560 g/mol. The molecule has 0 fully saturated rings. The zero-order chi connectivity index (χ0) is 29.2. The van der Waals surface area contributed by atoms with E-state index in [4.69, 9.17) is 13.6 Å². The minimum absolute atomic E-state index is 0.0959. The fraction of sp³-hybridized carbons (Fsp3) is 0.500. The van der Waals surface area contributed by atoms with Gasteiger partial charge in [0.25, 0.3) is 0 Å². The molecule has 3 rings (SSSR count). The number of carbonyl (C=O) groups is 2. The van der Waals surface area contributed by atoms with Crippen molar-refractivity contribution in [3.8, 4) is 34.1 Å². The van der Waals surface area contributed by atoms with Crippen LogP contribution in [0.1, 0.15) is 68.9 Å². The zero-order valence-electron chi connectivity index (χ0n) is 24.2. The number of carboxylic acid groups (broad SMARTS) is 2. The van der Waals surface area contributed by atoms with E-state index in [1.54, 1.807) is 12.1 Å². The number of methoxy groups -OCH3 is 1. The highest BCUT2D eigenvalue weighted by atomic mass is 28.4. The van der Waals surface area contributed by atoms with Gasteiger partial charge < -0.3 is 28.9 Å². The Labute approximate surface area is 226 Å². The molecule has 0 radical (unpaired) electrons. The predicted molar refractivity (Wildman–Crippen MR) is 152 cm³/mol. The minimum Gasteiger partial charge on any atom is -0.543 e. The van der Waals surface area contributed by atoms with Gasteiger partial charge in [0.1, 0.15) is 34.5 Å². The van der Waals surface area contributed by atoms with E-state index in [1.165, 1.54) is 13.2 Å². The summed E-state index contributed by atoms with van der Waals surface area (Å²) in [5, 5.41) is 31.4. The van der Waals surface area contributed by atoms with Gasteiger partial charge in [-0.3, -0.25) is 4.79 Å². The van der Waals surface area contributed by atoms with Gasteiger partial charge in [0, 0.05) is 22.3 Å². The number of benzene rings is 2. The average Bonchev–Trinajstić information content (AvgIpc) is 3.11. The van der Waals surface area contributed by atoms with Crippen molar-refractivity contribution in [1.82, 2.24) is 0 Å². The maximum atomic E-state index is 13.0. The summed E-state index contributed by atoms with van der Waals surface area (Å²) in [6.45, 7) is 20.5. The smallest absolute Gasteiger partial charge is 0.339 e. The topological polar surface area (TPSA) is 123 Å². The third-order valence-corrected chi connectivity index (χ3v) is 17.0. The Morgan fingerprint density at radius 1 is 0.789 bits per heavy atom. The summed E-state index contributed by atoms with van der Waals surface area (Å²) >= 11 is 0. The molecule has 1 aliphatic rings. The van der Waals surface area contributed by atoms with E-state index in [0.717, 1.165) is 0 Å². The number of aromatic hydroxyl groups is 1. The lowest BCUT2D eigenvalue weighted by molar-refractivity contribution is -0.137. The number of fused-ring (bicyclic) bond motifs is 3. The van der Waals surface area contributed by atoms with E-state index < -0.39 is 40.2 Å². The van der Waals surface area contributed by atoms with Crippen molar-refractivity contribution in [1.29, 1.82) is 0 Å². The Hall–Kier alpha value is -2.99. The molecule has 1 aliphatic carbocycles. The zero-order valence-corrected chi connectivity index (χ0v) is 26.2. The second-order valence-corrected chi connectivity index (χ2v) is 22.4.